The van der Waals surface area contributed by atoms with Crippen molar-refractivity contribution in [2.45, 2.75) is 0 Å². The van der Waals surface area contributed by atoms with Crippen LogP contribution in [0.25, 0.3) is 70.6 Å². The van der Waals surface area contributed by atoms with Crippen LogP contribution in [0.5, 0.6) is 0 Å². The van der Waals surface area contributed by atoms with Gasteiger partial charge < -0.3 is 4.42 Å². The van der Waals surface area contributed by atoms with Crippen molar-refractivity contribution in [3.8, 4) is 28.5 Å². The molecule has 4 heterocycles. The standard InChI is InChI=1S/C30H11Br2Cl4N6OS/c31-13-2-7-20-18(11-13)23-16(26-37-27(33)41-28(34)38-26)5-6-19(24(23)43-20)42-29(35)39-25(40-30(42)36)12-1-4-15-17-10-14(32)3-8-21(17)44-22(15)9-12/h1-11H/q+1. The van der Waals surface area contributed by atoms with Crippen LogP contribution in [0, 0.1) is 0 Å². The van der Waals surface area contributed by atoms with Crippen molar-refractivity contribution in [2.24, 2.45) is 0 Å². The van der Waals surface area contributed by atoms with Crippen molar-refractivity contribution < 1.29 is 8.98 Å². The molecule has 0 fully saturated rings. The predicted molar refractivity (Wildman–Crippen MR) is 183 cm³/mol. The third kappa shape index (κ3) is 4.75. The minimum absolute atomic E-state index is 0.0302. The molecule has 0 N–H and O–H groups in total. The first kappa shape index (κ1) is 28.5. The molecule has 8 aromatic rings. The van der Waals surface area contributed by atoms with Crippen molar-refractivity contribution in [1.29, 1.82) is 0 Å². The number of hydrogen-bond donors (Lipinski definition) is 0. The number of fused-ring (bicyclic) bond motifs is 6. The first-order valence-corrected chi connectivity index (χ1v) is 16.6. The van der Waals surface area contributed by atoms with E-state index in [-0.39, 0.29) is 27.0 Å². The highest BCUT2D eigenvalue weighted by molar-refractivity contribution is 9.10. The summed E-state index contributed by atoms with van der Waals surface area (Å²) in [6, 6.07) is 21.6. The Morgan fingerprint density at radius 1 is 0.636 bits per heavy atom. The van der Waals surface area contributed by atoms with Crippen LogP contribution in [0.4, 0.5) is 0 Å². The van der Waals surface area contributed by atoms with E-state index in [0.29, 0.717) is 33.6 Å². The second-order valence-electron chi connectivity index (χ2n) is 9.65. The summed E-state index contributed by atoms with van der Waals surface area (Å²) in [7, 11) is 0. The highest BCUT2D eigenvalue weighted by Gasteiger charge is 2.28. The summed E-state index contributed by atoms with van der Waals surface area (Å²) in [5.74, 6) is 0.680. The summed E-state index contributed by atoms with van der Waals surface area (Å²) >= 11 is 34.8. The smallest absolute Gasteiger partial charge is 0.344 e. The number of halogens is 6. The van der Waals surface area contributed by atoms with Gasteiger partial charge in [-0.05, 0) is 107 Å². The summed E-state index contributed by atoms with van der Waals surface area (Å²) in [4.78, 5) is 21.8. The van der Waals surface area contributed by atoms with Gasteiger partial charge in [-0.2, -0.15) is 19.5 Å². The zero-order chi connectivity index (χ0) is 30.3. The van der Waals surface area contributed by atoms with E-state index in [2.05, 4.69) is 81.0 Å². The van der Waals surface area contributed by atoms with E-state index in [0.717, 1.165) is 30.0 Å². The van der Waals surface area contributed by atoms with Crippen LogP contribution in [0.2, 0.25) is 21.1 Å². The van der Waals surface area contributed by atoms with Crippen molar-refractivity contribution >= 4 is 132 Å². The third-order valence-corrected chi connectivity index (χ3v) is 10.0. The summed E-state index contributed by atoms with van der Waals surface area (Å²) in [5.41, 5.74) is 3.02. The van der Waals surface area contributed by atoms with Crippen LogP contribution in [-0.4, -0.2) is 24.9 Å². The number of thiophene rings is 1. The molecule has 4 aromatic heterocycles. The zero-order valence-electron chi connectivity index (χ0n) is 21.6. The molecule has 0 amide bonds. The summed E-state index contributed by atoms with van der Waals surface area (Å²) < 4.78 is 12.1. The van der Waals surface area contributed by atoms with E-state index >= 15 is 0 Å². The lowest BCUT2D eigenvalue weighted by atomic mass is 10.0. The van der Waals surface area contributed by atoms with Crippen LogP contribution in [0.1, 0.15) is 0 Å². The van der Waals surface area contributed by atoms with Gasteiger partial charge in [0.05, 0.1) is 5.56 Å². The molecule has 7 nitrogen and oxygen atoms in total. The molecule has 0 unspecified atom stereocenters. The Hall–Kier alpha value is -2.96. The second-order valence-corrected chi connectivity index (χ2v) is 13.9. The zero-order valence-corrected chi connectivity index (χ0v) is 28.6. The van der Waals surface area contributed by atoms with Gasteiger partial charge in [-0.3, -0.25) is 0 Å². The fourth-order valence-electron chi connectivity index (χ4n) is 5.24. The molecular formula is C30H11Br2Cl4N6OS+. The lowest BCUT2D eigenvalue weighted by Gasteiger charge is -2.08. The monoisotopic (exact) mass is 801 g/mol. The Morgan fingerprint density at radius 3 is 2.09 bits per heavy atom. The van der Waals surface area contributed by atoms with Gasteiger partial charge in [0.2, 0.25) is 10.6 Å². The molecule has 8 rings (SSSR count). The van der Waals surface area contributed by atoms with E-state index in [9.17, 15) is 0 Å². The minimum atomic E-state index is -0.0302. The van der Waals surface area contributed by atoms with Crippen LogP contribution in [0.15, 0.2) is 80.1 Å². The van der Waals surface area contributed by atoms with Gasteiger partial charge in [-0.1, -0.05) is 47.9 Å². The normalized spacial score (nSPS) is 11.9. The average molecular weight is 805 g/mol. The minimum Gasteiger partial charge on any atom is -0.452 e. The van der Waals surface area contributed by atoms with Gasteiger partial charge in [0, 0.05) is 45.5 Å². The first-order valence-electron chi connectivity index (χ1n) is 12.7. The molecule has 4 aromatic carbocycles. The maximum Gasteiger partial charge on any atom is 0.344 e. The number of benzene rings is 4. The van der Waals surface area contributed by atoms with Gasteiger partial charge in [-0.25, -0.2) is 0 Å². The molecule has 0 bridgehead atoms. The van der Waals surface area contributed by atoms with Crippen LogP contribution >= 0.6 is 89.6 Å². The molecule has 44 heavy (non-hydrogen) atoms. The van der Waals surface area contributed by atoms with Gasteiger partial charge in [-0.15, -0.1) is 11.3 Å². The van der Waals surface area contributed by atoms with E-state index in [1.165, 1.54) is 14.7 Å². The molecule has 0 saturated heterocycles. The number of nitrogens with zero attached hydrogens (tertiary/aromatic N) is 6. The maximum atomic E-state index is 6.85. The van der Waals surface area contributed by atoms with Gasteiger partial charge in [0.15, 0.2) is 17.1 Å². The van der Waals surface area contributed by atoms with Gasteiger partial charge in [0.25, 0.3) is 0 Å². The highest BCUT2D eigenvalue weighted by atomic mass is 79.9. The number of hydrogen-bond acceptors (Lipinski definition) is 7. The molecule has 214 valence electrons. The summed E-state index contributed by atoms with van der Waals surface area (Å²) in [6.45, 7) is 0. The first-order chi connectivity index (χ1) is 21.2. The van der Waals surface area contributed by atoms with Crippen molar-refractivity contribution in [3.63, 3.8) is 0 Å². The molecule has 0 spiro atoms. The Labute approximate surface area is 288 Å². The average Bonchev–Trinajstić information content (AvgIpc) is 3.54. The predicted octanol–water partition coefficient (Wildman–Crippen LogP) is 10.7. The Bertz CT molecular complexity index is 2460. The molecule has 0 saturated carbocycles. The molecule has 0 aliphatic carbocycles. The molecule has 0 atom stereocenters. The molecule has 0 aliphatic heterocycles. The van der Waals surface area contributed by atoms with E-state index in [1.54, 1.807) is 17.4 Å². The number of furan rings is 1. The van der Waals surface area contributed by atoms with Crippen LogP contribution in [0.3, 0.4) is 0 Å². The maximum absolute atomic E-state index is 6.85. The SMILES string of the molecule is Clc1nc(Cl)nc(-c2ccc(-[n+]3c(Cl)nc(-c4ccc5c(c4)sc4ccc(Br)cc45)nc3Cl)c3oc4ccc(Br)cc4c23)n1. The molecule has 0 aliphatic rings. The lowest BCUT2D eigenvalue weighted by Crippen LogP contribution is -2.36. The second kappa shape index (κ2) is 10.8. The molecular weight excluding hydrogens is 794 g/mol. The lowest BCUT2D eigenvalue weighted by molar-refractivity contribution is -0.596. The fraction of sp³-hybridized carbons (Fsp3) is 0. The Morgan fingerprint density at radius 2 is 1.34 bits per heavy atom. The molecule has 0 radical (unpaired) electrons. The van der Waals surface area contributed by atoms with Crippen molar-refractivity contribution in [2.75, 3.05) is 0 Å². The number of aromatic nitrogens is 6. The fourth-order valence-corrected chi connectivity index (χ4v) is 8.00. The topological polar surface area (TPSA) is 81.5 Å². The van der Waals surface area contributed by atoms with E-state index < -0.39 is 0 Å². The number of rotatable bonds is 3. The quantitative estimate of drug-likeness (QED) is 0.165. The van der Waals surface area contributed by atoms with Crippen LogP contribution in [-0.2, 0) is 0 Å². The molecule has 14 heteroatoms. The van der Waals surface area contributed by atoms with Crippen molar-refractivity contribution in [3.05, 3.63) is 96.8 Å². The summed E-state index contributed by atoms with van der Waals surface area (Å²) in [5, 5.41) is 3.97. The highest BCUT2D eigenvalue weighted by Crippen LogP contribution is 2.40. The Balaban J connectivity index is 1.31. The van der Waals surface area contributed by atoms with Gasteiger partial charge in [0.1, 0.15) is 5.58 Å². The van der Waals surface area contributed by atoms with Crippen LogP contribution < -0.4 is 4.57 Å². The van der Waals surface area contributed by atoms with Gasteiger partial charge >= 0.3 is 16.4 Å². The largest absolute Gasteiger partial charge is 0.452 e. The van der Waals surface area contributed by atoms with E-state index in [1.807, 2.05) is 36.4 Å². The third-order valence-electron chi connectivity index (χ3n) is 7.08. The van der Waals surface area contributed by atoms with Crippen molar-refractivity contribution in [1.82, 2.24) is 24.9 Å². The Kier molecular flexibility index (Phi) is 7.02. The summed E-state index contributed by atoms with van der Waals surface area (Å²) in [6.07, 6.45) is 0. The van der Waals surface area contributed by atoms with E-state index in [4.69, 9.17) is 50.8 Å².